The lowest BCUT2D eigenvalue weighted by atomic mass is 10.1. The summed E-state index contributed by atoms with van der Waals surface area (Å²) in [6.07, 6.45) is 1.05. The highest BCUT2D eigenvalue weighted by Gasteiger charge is 2.19. The van der Waals surface area contributed by atoms with Crippen molar-refractivity contribution in [3.8, 4) is 5.88 Å². The van der Waals surface area contributed by atoms with Crippen LogP contribution in [0.5, 0.6) is 5.88 Å². The van der Waals surface area contributed by atoms with Crippen LogP contribution in [0.25, 0.3) is 0 Å². The first kappa shape index (κ1) is 8.81. The molecule has 1 aliphatic rings. The molecule has 1 aromatic heterocycles. The fourth-order valence-electron chi connectivity index (χ4n) is 1.58. The Kier molecular flexibility index (Phi) is 2.15. The molecule has 0 aliphatic carbocycles. The molecule has 1 aromatic rings. The highest BCUT2D eigenvalue weighted by Crippen LogP contribution is 2.34. The van der Waals surface area contributed by atoms with Crippen molar-refractivity contribution in [3.63, 3.8) is 0 Å². The van der Waals surface area contributed by atoms with E-state index in [2.05, 4.69) is 33.2 Å². The van der Waals surface area contributed by atoms with Gasteiger partial charge in [-0.25, -0.2) is 0 Å². The molecule has 1 aliphatic heterocycles. The zero-order valence-electron chi connectivity index (χ0n) is 7.65. The van der Waals surface area contributed by atoms with E-state index < -0.39 is 0 Å². The standard InChI is InChI=1S/C9H11BrN2O/c1-5-6-3-4-11-8(6)12-9(13-2)7(5)10/h3-4H2,1-2H3,(H,11,12). The summed E-state index contributed by atoms with van der Waals surface area (Å²) in [4.78, 5) is 4.35. The van der Waals surface area contributed by atoms with E-state index in [0.717, 1.165) is 23.3 Å². The molecule has 1 N–H and O–H groups in total. The van der Waals surface area contributed by atoms with Crippen molar-refractivity contribution >= 4 is 21.7 Å². The number of ether oxygens (including phenoxy) is 1. The van der Waals surface area contributed by atoms with E-state index in [9.17, 15) is 0 Å². The number of hydrogen-bond acceptors (Lipinski definition) is 3. The summed E-state index contributed by atoms with van der Waals surface area (Å²) in [5, 5.41) is 3.23. The van der Waals surface area contributed by atoms with E-state index in [0.29, 0.717) is 5.88 Å². The average Bonchev–Trinajstić information content (AvgIpc) is 2.59. The van der Waals surface area contributed by atoms with Crippen LogP contribution in [0, 0.1) is 6.92 Å². The molecule has 0 unspecified atom stereocenters. The number of rotatable bonds is 1. The summed E-state index contributed by atoms with van der Waals surface area (Å²) in [7, 11) is 1.63. The number of methoxy groups -OCH3 is 1. The first-order chi connectivity index (χ1) is 6.24. The van der Waals surface area contributed by atoms with Crippen molar-refractivity contribution in [2.24, 2.45) is 0 Å². The molecule has 0 spiro atoms. The second-order valence-corrected chi connectivity index (χ2v) is 3.86. The number of anilines is 1. The van der Waals surface area contributed by atoms with Gasteiger partial charge in [0.15, 0.2) is 0 Å². The highest BCUT2D eigenvalue weighted by atomic mass is 79.9. The molecule has 0 aromatic carbocycles. The Morgan fingerprint density at radius 2 is 2.31 bits per heavy atom. The molecule has 4 heteroatoms. The minimum atomic E-state index is 0.658. The molecule has 0 radical (unpaired) electrons. The second kappa shape index (κ2) is 3.18. The van der Waals surface area contributed by atoms with Gasteiger partial charge in [0.25, 0.3) is 0 Å². The van der Waals surface area contributed by atoms with Crippen LogP contribution < -0.4 is 10.1 Å². The van der Waals surface area contributed by atoms with Crippen molar-refractivity contribution in [2.75, 3.05) is 19.0 Å². The molecule has 0 saturated heterocycles. The van der Waals surface area contributed by atoms with Gasteiger partial charge < -0.3 is 10.1 Å². The Balaban J connectivity index is 2.61. The summed E-state index contributed by atoms with van der Waals surface area (Å²) in [5.74, 6) is 1.63. The van der Waals surface area contributed by atoms with Crippen LogP contribution >= 0.6 is 15.9 Å². The summed E-state index contributed by atoms with van der Waals surface area (Å²) in [6.45, 7) is 3.06. The predicted octanol–water partition coefficient (Wildman–Crippen LogP) is 2.13. The number of hydrogen-bond donors (Lipinski definition) is 1. The van der Waals surface area contributed by atoms with Crippen LogP contribution in [-0.2, 0) is 6.42 Å². The zero-order chi connectivity index (χ0) is 9.42. The normalized spacial score (nSPS) is 13.8. The maximum absolute atomic E-state index is 5.15. The largest absolute Gasteiger partial charge is 0.480 e. The predicted molar refractivity (Wildman–Crippen MR) is 55.4 cm³/mol. The lowest BCUT2D eigenvalue weighted by Crippen LogP contribution is -1.97. The van der Waals surface area contributed by atoms with Crippen LogP contribution in [0.2, 0.25) is 0 Å². The van der Waals surface area contributed by atoms with Gasteiger partial charge in [0.05, 0.1) is 11.6 Å². The van der Waals surface area contributed by atoms with Gasteiger partial charge in [-0.2, -0.15) is 4.98 Å². The molecule has 2 heterocycles. The number of pyridine rings is 1. The van der Waals surface area contributed by atoms with Crippen LogP contribution in [-0.4, -0.2) is 18.6 Å². The van der Waals surface area contributed by atoms with Gasteiger partial charge in [0.1, 0.15) is 5.82 Å². The van der Waals surface area contributed by atoms with Crippen molar-refractivity contribution < 1.29 is 4.74 Å². The third-order valence-corrected chi connectivity index (χ3v) is 3.26. The van der Waals surface area contributed by atoms with Crippen molar-refractivity contribution in [1.29, 1.82) is 0 Å². The molecule has 13 heavy (non-hydrogen) atoms. The molecule has 0 saturated carbocycles. The van der Waals surface area contributed by atoms with Crippen LogP contribution in [0.4, 0.5) is 5.82 Å². The number of halogens is 1. The average molecular weight is 243 g/mol. The molecular formula is C9H11BrN2O. The van der Waals surface area contributed by atoms with Crippen LogP contribution in [0.15, 0.2) is 4.47 Å². The number of nitrogens with one attached hydrogen (secondary N) is 1. The first-order valence-electron chi connectivity index (χ1n) is 4.21. The monoisotopic (exact) mass is 242 g/mol. The second-order valence-electron chi connectivity index (χ2n) is 3.06. The number of nitrogens with zero attached hydrogens (tertiary/aromatic N) is 1. The lowest BCUT2D eigenvalue weighted by molar-refractivity contribution is 0.395. The van der Waals surface area contributed by atoms with E-state index in [4.69, 9.17) is 4.74 Å². The molecule has 3 nitrogen and oxygen atoms in total. The summed E-state index contributed by atoms with van der Waals surface area (Å²) >= 11 is 3.48. The zero-order valence-corrected chi connectivity index (χ0v) is 9.23. The van der Waals surface area contributed by atoms with Crippen LogP contribution in [0.1, 0.15) is 11.1 Å². The molecule has 70 valence electrons. The van der Waals surface area contributed by atoms with Crippen molar-refractivity contribution in [3.05, 3.63) is 15.6 Å². The van der Waals surface area contributed by atoms with Gasteiger partial charge in [-0.1, -0.05) is 0 Å². The van der Waals surface area contributed by atoms with Gasteiger partial charge in [-0.15, -0.1) is 0 Å². The van der Waals surface area contributed by atoms with E-state index >= 15 is 0 Å². The summed E-state index contributed by atoms with van der Waals surface area (Å²) in [5.41, 5.74) is 2.53. The molecule has 0 bridgehead atoms. The topological polar surface area (TPSA) is 34.1 Å². The van der Waals surface area contributed by atoms with Gasteiger partial charge in [-0.05, 0) is 34.8 Å². The molecule has 2 rings (SSSR count). The van der Waals surface area contributed by atoms with Crippen LogP contribution in [0.3, 0.4) is 0 Å². The Morgan fingerprint density at radius 3 is 3.00 bits per heavy atom. The minimum Gasteiger partial charge on any atom is -0.480 e. The fourth-order valence-corrected chi connectivity index (χ4v) is 2.07. The first-order valence-corrected chi connectivity index (χ1v) is 5.00. The Labute approximate surface area is 85.6 Å². The van der Waals surface area contributed by atoms with Gasteiger partial charge >= 0.3 is 0 Å². The van der Waals surface area contributed by atoms with E-state index in [1.54, 1.807) is 7.11 Å². The molecule has 0 amide bonds. The van der Waals surface area contributed by atoms with E-state index in [-0.39, 0.29) is 0 Å². The lowest BCUT2D eigenvalue weighted by Gasteiger charge is -2.09. The highest BCUT2D eigenvalue weighted by molar-refractivity contribution is 9.10. The molecule has 0 atom stereocenters. The van der Waals surface area contributed by atoms with Gasteiger partial charge in [0, 0.05) is 12.1 Å². The SMILES string of the molecule is COc1nc2c(c(C)c1Br)CCN2. The van der Waals surface area contributed by atoms with Gasteiger partial charge in [0.2, 0.25) is 5.88 Å². The van der Waals surface area contributed by atoms with Gasteiger partial charge in [-0.3, -0.25) is 0 Å². The maximum atomic E-state index is 5.15. The fraction of sp³-hybridized carbons (Fsp3) is 0.444. The Bertz CT molecular complexity index is 351. The number of fused-ring (bicyclic) bond motifs is 1. The third kappa shape index (κ3) is 1.29. The molecular weight excluding hydrogens is 232 g/mol. The molecule has 0 fully saturated rings. The van der Waals surface area contributed by atoms with E-state index in [1.807, 2.05) is 0 Å². The third-order valence-electron chi connectivity index (χ3n) is 2.33. The summed E-state index contributed by atoms with van der Waals surface area (Å²) < 4.78 is 6.12. The Morgan fingerprint density at radius 1 is 1.54 bits per heavy atom. The maximum Gasteiger partial charge on any atom is 0.229 e. The van der Waals surface area contributed by atoms with E-state index in [1.165, 1.54) is 11.1 Å². The smallest absolute Gasteiger partial charge is 0.229 e. The quantitative estimate of drug-likeness (QED) is 0.820. The summed E-state index contributed by atoms with van der Waals surface area (Å²) in [6, 6.07) is 0. The number of aromatic nitrogens is 1. The minimum absolute atomic E-state index is 0.658. The van der Waals surface area contributed by atoms with Crippen molar-refractivity contribution in [1.82, 2.24) is 4.98 Å². The Hall–Kier alpha value is -0.770. The van der Waals surface area contributed by atoms with Crippen molar-refractivity contribution in [2.45, 2.75) is 13.3 Å².